The summed E-state index contributed by atoms with van der Waals surface area (Å²) in [7, 11) is 0. The molecule has 0 aromatic heterocycles. The van der Waals surface area contributed by atoms with E-state index in [-0.39, 0.29) is 23.0 Å². The van der Waals surface area contributed by atoms with Crippen LogP contribution in [0.2, 0.25) is 0 Å². The van der Waals surface area contributed by atoms with Crippen LogP contribution in [0.25, 0.3) is 0 Å². The van der Waals surface area contributed by atoms with E-state index in [1.165, 1.54) is 12.8 Å². The third-order valence-corrected chi connectivity index (χ3v) is 1.69. The summed E-state index contributed by atoms with van der Waals surface area (Å²) >= 11 is 0. The summed E-state index contributed by atoms with van der Waals surface area (Å²) in [4.78, 5) is 10.8. The van der Waals surface area contributed by atoms with Gasteiger partial charge in [-0.05, 0) is 12.8 Å². The maximum Gasteiger partial charge on any atom is 0.292 e. The Morgan fingerprint density at radius 1 is 1.42 bits per heavy atom. The number of nitrogens with zero attached hydrogens (tertiary/aromatic N) is 2. The van der Waals surface area contributed by atoms with Crippen molar-refractivity contribution in [3.05, 3.63) is 11.8 Å². The van der Waals surface area contributed by atoms with E-state index in [1.54, 1.807) is 6.20 Å². The van der Waals surface area contributed by atoms with E-state index >= 15 is 0 Å². The summed E-state index contributed by atoms with van der Waals surface area (Å²) in [5, 5.41) is 6.93. The van der Waals surface area contributed by atoms with Crippen LogP contribution >= 0.6 is 0 Å². The molecule has 12 heavy (non-hydrogen) atoms. The Kier molecular flexibility index (Phi) is 5.85. The Hall–Kier alpha value is -0.471. The first kappa shape index (κ1) is 11.5. The Labute approximate surface area is 82.8 Å². The van der Waals surface area contributed by atoms with E-state index in [2.05, 4.69) is 17.2 Å². The molecule has 4 heteroatoms. The molecule has 0 unspecified atom stereocenters. The van der Waals surface area contributed by atoms with Crippen LogP contribution in [-0.2, 0) is 21.9 Å². The molecule has 0 aromatic rings. The monoisotopic (exact) mass is 215 g/mol. The molecule has 0 spiro atoms. The van der Waals surface area contributed by atoms with E-state index < -0.39 is 0 Å². The molecule has 1 aliphatic heterocycles. The van der Waals surface area contributed by atoms with Crippen molar-refractivity contribution in [2.24, 2.45) is 10.2 Å². The zero-order chi connectivity index (χ0) is 8.10. The first-order valence-electron chi connectivity index (χ1n) is 3.99. The average Bonchev–Trinajstić information content (AvgIpc) is 2.37. The zero-order valence-corrected chi connectivity index (χ0v) is 7.95. The normalized spacial score (nSPS) is 14.4. The molecule has 3 nitrogen and oxygen atoms in total. The predicted molar refractivity (Wildman–Crippen MR) is 42.1 cm³/mol. The molecule has 0 aliphatic carbocycles. The Morgan fingerprint density at radius 3 is 2.67 bits per heavy atom. The largest absolute Gasteiger partial charge is 0.292 e. The summed E-state index contributed by atoms with van der Waals surface area (Å²) in [5.41, 5.74) is 0.762. The first-order valence-corrected chi connectivity index (χ1v) is 3.99. The van der Waals surface area contributed by atoms with Gasteiger partial charge >= 0.3 is 0 Å². The van der Waals surface area contributed by atoms with Crippen LogP contribution in [0, 0.1) is 0 Å². The molecular weight excluding hydrogens is 204 g/mol. The smallest absolute Gasteiger partial charge is 0.265 e. The fourth-order valence-electron chi connectivity index (χ4n) is 1.01. The molecule has 71 valence electrons. The van der Waals surface area contributed by atoms with Crippen molar-refractivity contribution in [3.8, 4) is 0 Å². The number of rotatable bonds is 4. The van der Waals surface area contributed by atoms with Gasteiger partial charge in [0.1, 0.15) is 0 Å². The van der Waals surface area contributed by atoms with Crippen molar-refractivity contribution in [2.75, 3.05) is 0 Å². The minimum absolute atomic E-state index is 0. The molecule has 1 aliphatic rings. The van der Waals surface area contributed by atoms with Crippen LogP contribution in [0.1, 0.15) is 32.6 Å². The van der Waals surface area contributed by atoms with E-state index in [4.69, 9.17) is 0 Å². The fourth-order valence-corrected chi connectivity index (χ4v) is 1.01. The van der Waals surface area contributed by atoms with E-state index in [1.807, 2.05) is 0 Å². The number of carbonyl (C=O) groups excluding carboxylic acids is 1. The second-order valence-electron chi connectivity index (χ2n) is 2.63. The number of amides is 1. The molecule has 0 bridgehead atoms. The molecule has 0 N–H and O–H groups in total. The summed E-state index contributed by atoms with van der Waals surface area (Å²) in [5.74, 6) is -0.152. The molecule has 0 fully saturated rings. The third kappa shape index (κ3) is 3.28. The minimum atomic E-state index is -0.152. The maximum atomic E-state index is 10.8. The Balaban J connectivity index is 0.00000121. The van der Waals surface area contributed by atoms with Gasteiger partial charge < -0.3 is 0 Å². The molecule has 1 heterocycles. The topological polar surface area (TPSA) is 41.8 Å². The van der Waals surface area contributed by atoms with Gasteiger partial charge in [-0.3, -0.25) is 4.79 Å². The van der Waals surface area contributed by atoms with E-state index in [0.717, 1.165) is 18.4 Å². The van der Waals surface area contributed by atoms with Crippen LogP contribution in [0.3, 0.4) is 0 Å². The van der Waals surface area contributed by atoms with Gasteiger partial charge in [0.2, 0.25) is 0 Å². The molecule has 0 saturated carbocycles. The van der Waals surface area contributed by atoms with Crippen molar-refractivity contribution in [2.45, 2.75) is 32.6 Å². The van der Waals surface area contributed by atoms with Crippen LogP contribution in [0.5, 0.6) is 0 Å². The van der Waals surface area contributed by atoms with Gasteiger partial charge in [0.15, 0.2) is 0 Å². The van der Waals surface area contributed by atoms with Gasteiger partial charge in [-0.25, -0.2) is 0 Å². The second-order valence-corrected chi connectivity index (χ2v) is 2.63. The van der Waals surface area contributed by atoms with Gasteiger partial charge in [-0.15, -0.1) is 5.11 Å². The quantitative estimate of drug-likeness (QED) is 0.525. The maximum absolute atomic E-state index is 10.8. The van der Waals surface area contributed by atoms with Crippen LogP contribution in [-0.4, -0.2) is 5.91 Å². The van der Waals surface area contributed by atoms with Crippen molar-refractivity contribution < 1.29 is 21.9 Å². The number of unbranched alkanes of at least 4 members (excludes halogenated alkanes) is 2. The number of azo groups is 1. The second kappa shape index (κ2) is 6.09. The first-order chi connectivity index (χ1) is 5.34. The summed E-state index contributed by atoms with van der Waals surface area (Å²) in [6.45, 7) is 2.14. The number of carbonyl (C=O) groups is 1. The Bertz CT molecular complexity index is 211. The fraction of sp³-hybridized carbons (Fsp3) is 0.625. The van der Waals surface area contributed by atoms with Crippen LogP contribution in [0.4, 0.5) is 0 Å². The average molecular weight is 216 g/mol. The summed E-state index contributed by atoms with van der Waals surface area (Å²) in [6, 6.07) is 0. The predicted octanol–water partition coefficient (Wildman–Crippen LogP) is 2.44. The van der Waals surface area contributed by atoms with Crippen molar-refractivity contribution >= 4 is 5.91 Å². The minimum Gasteiger partial charge on any atom is -0.265 e. The molecule has 0 saturated heterocycles. The van der Waals surface area contributed by atoms with Crippen LogP contribution in [0.15, 0.2) is 22.0 Å². The van der Waals surface area contributed by atoms with Gasteiger partial charge in [0.05, 0.1) is 6.20 Å². The van der Waals surface area contributed by atoms with E-state index in [9.17, 15) is 4.79 Å². The van der Waals surface area contributed by atoms with Gasteiger partial charge in [-0.2, -0.15) is 5.11 Å². The SMILES string of the molecule is CCCCCC1=CN=NC1=O.[Cu]. The molecule has 0 aromatic carbocycles. The van der Waals surface area contributed by atoms with Crippen molar-refractivity contribution in [1.29, 1.82) is 0 Å². The molecule has 1 radical (unpaired) electrons. The van der Waals surface area contributed by atoms with Gasteiger partial charge in [0, 0.05) is 22.6 Å². The Morgan fingerprint density at radius 2 is 2.17 bits per heavy atom. The molecule has 1 amide bonds. The third-order valence-electron chi connectivity index (χ3n) is 1.69. The van der Waals surface area contributed by atoms with Crippen molar-refractivity contribution in [3.63, 3.8) is 0 Å². The number of hydrogen-bond acceptors (Lipinski definition) is 2. The molecular formula is C8H12CuN2O. The van der Waals surface area contributed by atoms with Crippen LogP contribution < -0.4 is 0 Å². The summed E-state index contributed by atoms with van der Waals surface area (Å²) < 4.78 is 0. The molecule has 0 atom stereocenters. The van der Waals surface area contributed by atoms with Gasteiger partial charge in [0.25, 0.3) is 5.91 Å². The number of hydrogen-bond donors (Lipinski definition) is 0. The van der Waals surface area contributed by atoms with Gasteiger partial charge in [-0.1, -0.05) is 19.8 Å². The zero-order valence-electron chi connectivity index (χ0n) is 7.01. The summed E-state index contributed by atoms with van der Waals surface area (Å²) in [6.07, 6.45) is 5.82. The van der Waals surface area contributed by atoms with Crippen molar-refractivity contribution in [1.82, 2.24) is 0 Å². The standard InChI is InChI=1S/C8H12N2O.Cu/c1-2-3-4-5-7-6-9-10-8(7)11;/h6H,2-5H2,1H3;. The van der Waals surface area contributed by atoms with E-state index in [0.29, 0.717) is 0 Å². The molecule has 1 rings (SSSR count).